The number of sulfonamides is 2. The second kappa shape index (κ2) is 8.82. The fourth-order valence-electron chi connectivity index (χ4n) is 3.97. The number of hydrogen-bond acceptors (Lipinski definition) is 10. The first kappa shape index (κ1) is 23.9. The van der Waals surface area contributed by atoms with Gasteiger partial charge in [0.15, 0.2) is 11.8 Å². The van der Waals surface area contributed by atoms with Crippen molar-refractivity contribution in [3.8, 4) is 11.1 Å². The second-order valence-electron chi connectivity index (χ2n) is 7.62. The number of fused-ring (bicyclic) bond motifs is 1. The van der Waals surface area contributed by atoms with Gasteiger partial charge in [0.25, 0.3) is 0 Å². The number of imidazole rings is 1. The highest BCUT2D eigenvalue weighted by Crippen LogP contribution is 2.36. The Bertz CT molecular complexity index is 1490. The van der Waals surface area contributed by atoms with Gasteiger partial charge in [-0.2, -0.15) is 0 Å². The molecule has 3 aromatic rings. The van der Waals surface area contributed by atoms with Crippen molar-refractivity contribution in [2.45, 2.75) is 22.3 Å². The van der Waals surface area contributed by atoms with E-state index in [0.29, 0.717) is 36.1 Å². The molecule has 16 heteroatoms. The van der Waals surface area contributed by atoms with Crippen molar-refractivity contribution in [2.24, 2.45) is 21.8 Å². The zero-order valence-electron chi connectivity index (χ0n) is 17.7. The summed E-state index contributed by atoms with van der Waals surface area (Å²) in [5.41, 5.74) is 15.2. The molecule has 2 aromatic carbocycles. The maximum Gasteiger partial charge on any atom is 0.242 e. The minimum atomic E-state index is -4.64. The molecule has 14 nitrogen and oxygen atoms in total. The SMILES string of the molecule is NN/N=C(\N)c1c(-c2cccc3[nH]c(N)nc23)ccc(S(=O)(=O)NC2CCNC2)c1S(N)(=O)=O. The molecule has 1 unspecified atom stereocenters. The molecular weight excluding hydrogens is 484 g/mol. The number of aromatic amines is 1. The number of nitrogen functional groups attached to an aromatic ring is 1. The lowest BCUT2D eigenvalue weighted by atomic mass is 9.97. The van der Waals surface area contributed by atoms with E-state index in [-0.39, 0.29) is 17.1 Å². The van der Waals surface area contributed by atoms with Crippen LogP contribution in [0.5, 0.6) is 0 Å². The summed E-state index contributed by atoms with van der Waals surface area (Å²) in [6.07, 6.45) is 0.540. The number of hydrazine groups is 1. The Balaban J connectivity index is 2.05. The van der Waals surface area contributed by atoms with Crippen LogP contribution in [0.25, 0.3) is 22.2 Å². The van der Waals surface area contributed by atoms with E-state index < -0.39 is 41.7 Å². The van der Waals surface area contributed by atoms with Crippen LogP contribution in [0.3, 0.4) is 0 Å². The van der Waals surface area contributed by atoms with E-state index >= 15 is 0 Å². The summed E-state index contributed by atoms with van der Waals surface area (Å²) >= 11 is 0. The van der Waals surface area contributed by atoms with Gasteiger partial charge in [-0.1, -0.05) is 18.2 Å². The molecule has 4 rings (SSSR count). The number of aromatic nitrogens is 2. The topological polar surface area (TPSA) is 249 Å². The minimum Gasteiger partial charge on any atom is -0.382 e. The number of hydrogen-bond donors (Lipinski definition) is 8. The fourth-order valence-corrected chi connectivity index (χ4v) is 6.85. The van der Waals surface area contributed by atoms with Crippen molar-refractivity contribution in [1.29, 1.82) is 0 Å². The number of para-hydroxylation sites is 1. The molecule has 0 bridgehead atoms. The smallest absolute Gasteiger partial charge is 0.242 e. The summed E-state index contributed by atoms with van der Waals surface area (Å²) in [6, 6.07) is 7.20. The van der Waals surface area contributed by atoms with Crippen molar-refractivity contribution in [2.75, 3.05) is 18.8 Å². The van der Waals surface area contributed by atoms with Crippen molar-refractivity contribution >= 4 is 42.9 Å². The Kier molecular flexibility index (Phi) is 6.19. The molecule has 34 heavy (non-hydrogen) atoms. The van der Waals surface area contributed by atoms with E-state index in [2.05, 4.69) is 25.1 Å². The number of nitrogens with zero attached hydrogens (tertiary/aromatic N) is 2. The predicted octanol–water partition coefficient (Wildman–Crippen LogP) is -1.82. The summed E-state index contributed by atoms with van der Waals surface area (Å²) in [4.78, 5) is 5.84. The highest BCUT2D eigenvalue weighted by molar-refractivity contribution is 7.92. The number of primary sulfonamides is 1. The van der Waals surface area contributed by atoms with Crippen molar-refractivity contribution < 1.29 is 16.8 Å². The number of rotatable bonds is 7. The molecule has 1 fully saturated rings. The van der Waals surface area contributed by atoms with Crippen molar-refractivity contribution in [1.82, 2.24) is 25.5 Å². The zero-order valence-corrected chi connectivity index (χ0v) is 19.4. The van der Waals surface area contributed by atoms with E-state index in [4.69, 9.17) is 22.4 Å². The third kappa shape index (κ3) is 4.41. The van der Waals surface area contributed by atoms with Gasteiger partial charge in [-0.25, -0.2) is 43.1 Å². The average Bonchev–Trinajstić information content (AvgIpc) is 3.40. The lowest BCUT2D eigenvalue weighted by Gasteiger charge is -2.19. The maximum absolute atomic E-state index is 13.2. The van der Waals surface area contributed by atoms with Crippen LogP contribution in [-0.4, -0.2) is 51.8 Å². The summed E-state index contributed by atoms with van der Waals surface area (Å²) < 4.78 is 54.6. The molecule has 2 heterocycles. The molecule has 1 aromatic heterocycles. The summed E-state index contributed by atoms with van der Waals surface area (Å²) in [6.45, 7) is 1.02. The van der Waals surface area contributed by atoms with Gasteiger partial charge >= 0.3 is 0 Å². The molecule has 182 valence electrons. The molecule has 12 N–H and O–H groups in total. The van der Waals surface area contributed by atoms with Crippen LogP contribution in [0.1, 0.15) is 12.0 Å². The number of nitrogens with one attached hydrogen (secondary N) is 4. The van der Waals surface area contributed by atoms with E-state index in [1.54, 1.807) is 18.2 Å². The fraction of sp³-hybridized carbons (Fsp3) is 0.222. The maximum atomic E-state index is 13.2. The number of nitrogens with two attached hydrogens (primary N) is 4. The molecule has 1 saturated heterocycles. The molecular formula is C18H24N10O4S2. The van der Waals surface area contributed by atoms with Gasteiger partial charge in [0, 0.05) is 23.7 Å². The lowest BCUT2D eigenvalue weighted by molar-refractivity contribution is 0.555. The second-order valence-corrected chi connectivity index (χ2v) is 10.8. The average molecular weight is 509 g/mol. The number of amidine groups is 1. The van der Waals surface area contributed by atoms with E-state index in [1.165, 1.54) is 6.07 Å². The standard InChI is InChI=1S/C18H24N10O4S2/c19-17(26-28-21)14-10(11-2-1-3-12-15(11)25-18(20)24-12)4-5-13(16(14)33(22,29)30)34(31,32)27-9-6-7-23-8-9/h1-5,9,23,27-28H,6-8,21H2,(H2,19,26)(H3,20,24,25)(H2,22,29,30). The van der Waals surface area contributed by atoms with Gasteiger partial charge in [0.1, 0.15) is 9.79 Å². The lowest BCUT2D eigenvalue weighted by Crippen LogP contribution is -2.37. The number of H-pyrrole nitrogens is 1. The Labute approximate surface area is 195 Å². The predicted molar refractivity (Wildman–Crippen MR) is 127 cm³/mol. The molecule has 1 aliphatic rings. The van der Waals surface area contributed by atoms with Crippen LogP contribution in [0.15, 0.2) is 45.2 Å². The Morgan fingerprint density at radius 3 is 2.56 bits per heavy atom. The van der Waals surface area contributed by atoms with Gasteiger partial charge in [-0.05, 0) is 30.7 Å². The third-order valence-electron chi connectivity index (χ3n) is 5.34. The largest absolute Gasteiger partial charge is 0.382 e. The minimum absolute atomic E-state index is 0.134. The highest BCUT2D eigenvalue weighted by Gasteiger charge is 2.33. The van der Waals surface area contributed by atoms with E-state index in [9.17, 15) is 16.8 Å². The molecule has 1 aliphatic heterocycles. The van der Waals surface area contributed by atoms with Crippen LogP contribution in [-0.2, 0) is 20.0 Å². The molecule has 0 radical (unpaired) electrons. The monoisotopic (exact) mass is 508 g/mol. The van der Waals surface area contributed by atoms with E-state index in [1.807, 2.05) is 5.53 Å². The quantitative estimate of drug-likeness (QED) is 0.0767. The zero-order chi connectivity index (χ0) is 24.7. The third-order valence-corrected chi connectivity index (χ3v) is 8.03. The van der Waals surface area contributed by atoms with Crippen molar-refractivity contribution in [3.63, 3.8) is 0 Å². The van der Waals surface area contributed by atoms with E-state index in [0.717, 1.165) is 6.07 Å². The molecule has 0 aliphatic carbocycles. The highest BCUT2D eigenvalue weighted by atomic mass is 32.2. The number of benzene rings is 2. The molecule has 0 amide bonds. The summed E-state index contributed by atoms with van der Waals surface area (Å²) in [5.74, 6) is 5.00. The summed E-state index contributed by atoms with van der Waals surface area (Å²) in [5, 5.41) is 12.3. The molecule has 1 atom stereocenters. The Morgan fingerprint density at radius 2 is 1.91 bits per heavy atom. The Morgan fingerprint density at radius 1 is 1.15 bits per heavy atom. The number of anilines is 1. The van der Waals surface area contributed by atoms with Gasteiger partial charge in [0.05, 0.1) is 11.0 Å². The van der Waals surface area contributed by atoms with Crippen molar-refractivity contribution in [3.05, 3.63) is 35.9 Å². The molecule has 0 spiro atoms. The first-order valence-corrected chi connectivity index (χ1v) is 13.0. The van der Waals surface area contributed by atoms with Gasteiger partial charge in [0.2, 0.25) is 20.0 Å². The van der Waals surface area contributed by atoms with Crippen LogP contribution < -0.4 is 38.0 Å². The first-order valence-electron chi connectivity index (χ1n) is 9.99. The summed E-state index contributed by atoms with van der Waals surface area (Å²) in [7, 11) is -8.96. The van der Waals surface area contributed by atoms with Crippen LogP contribution in [0.4, 0.5) is 5.95 Å². The van der Waals surface area contributed by atoms with Gasteiger partial charge in [-0.3, -0.25) is 0 Å². The van der Waals surface area contributed by atoms with Gasteiger partial charge < -0.3 is 21.8 Å². The first-order chi connectivity index (χ1) is 16.0. The van der Waals surface area contributed by atoms with Gasteiger partial charge in [-0.15, -0.1) is 5.10 Å². The molecule has 0 saturated carbocycles. The Hall–Kier alpha value is -3.28. The van der Waals surface area contributed by atoms with Crippen LogP contribution in [0, 0.1) is 0 Å². The normalized spacial score (nSPS) is 17.4. The van der Waals surface area contributed by atoms with Crippen LogP contribution >= 0.6 is 0 Å². The number of hydrazone groups is 1. The van der Waals surface area contributed by atoms with Crippen LogP contribution in [0.2, 0.25) is 0 Å².